The molecule has 0 fully saturated rings. The van der Waals surface area contributed by atoms with Gasteiger partial charge in [0.25, 0.3) is 0 Å². The molecule has 6 heteroatoms. The molecular formula is C17H16BrN3O2. The summed E-state index contributed by atoms with van der Waals surface area (Å²) >= 11 is 3.37. The van der Waals surface area contributed by atoms with Gasteiger partial charge in [0.15, 0.2) is 0 Å². The molecule has 0 spiro atoms. The lowest BCUT2D eigenvalue weighted by atomic mass is 10.0. The SMILES string of the molecule is CC(C)(C)ON=C(c1cc(Br)ccc1O)c1ncccc1C#N. The summed E-state index contributed by atoms with van der Waals surface area (Å²) in [6.45, 7) is 5.58. The van der Waals surface area contributed by atoms with Crippen LogP contribution in [0.1, 0.15) is 37.6 Å². The van der Waals surface area contributed by atoms with Crippen molar-refractivity contribution in [3.05, 3.63) is 57.8 Å². The number of benzene rings is 1. The molecule has 23 heavy (non-hydrogen) atoms. The Balaban J connectivity index is 2.66. The molecular weight excluding hydrogens is 358 g/mol. The summed E-state index contributed by atoms with van der Waals surface area (Å²) in [4.78, 5) is 9.74. The van der Waals surface area contributed by atoms with Crippen LogP contribution in [0.3, 0.4) is 0 Å². The Hall–Kier alpha value is -2.39. The summed E-state index contributed by atoms with van der Waals surface area (Å²) in [7, 11) is 0. The van der Waals surface area contributed by atoms with Crippen LogP contribution in [0.2, 0.25) is 0 Å². The second kappa shape index (κ2) is 6.80. The van der Waals surface area contributed by atoms with Gasteiger partial charge in [0, 0.05) is 16.2 Å². The van der Waals surface area contributed by atoms with E-state index < -0.39 is 5.60 Å². The predicted molar refractivity (Wildman–Crippen MR) is 91.2 cm³/mol. The molecule has 0 unspecified atom stereocenters. The summed E-state index contributed by atoms with van der Waals surface area (Å²) in [5, 5.41) is 23.7. The Morgan fingerprint density at radius 2 is 2.09 bits per heavy atom. The van der Waals surface area contributed by atoms with Gasteiger partial charge >= 0.3 is 0 Å². The lowest BCUT2D eigenvalue weighted by Gasteiger charge is -2.17. The van der Waals surface area contributed by atoms with Crippen LogP contribution >= 0.6 is 15.9 Å². The normalized spacial score (nSPS) is 11.9. The van der Waals surface area contributed by atoms with E-state index in [2.05, 4.69) is 32.1 Å². The number of oxime groups is 1. The van der Waals surface area contributed by atoms with E-state index in [1.54, 1.807) is 36.5 Å². The highest BCUT2D eigenvalue weighted by atomic mass is 79.9. The van der Waals surface area contributed by atoms with Gasteiger partial charge in [-0.3, -0.25) is 4.98 Å². The van der Waals surface area contributed by atoms with Crippen molar-refractivity contribution in [3.63, 3.8) is 0 Å². The first-order valence-electron chi connectivity index (χ1n) is 6.92. The van der Waals surface area contributed by atoms with Crippen LogP contribution in [0.5, 0.6) is 5.75 Å². The molecule has 0 radical (unpaired) electrons. The highest BCUT2D eigenvalue weighted by molar-refractivity contribution is 9.10. The lowest BCUT2D eigenvalue weighted by Crippen LogP contribution is -2.18. The third-order valence-corrected chi connectivity index (χ3v) is 3.27. The highest BCUT2D eigenvalue weighted by Crippen LogP contribution is 2.26. The molecule has 1 aromatic heterocycles. The first-order valence-corrected chi connectivity index (χ1v) is 7.71. The number of phenols is 1. The number of nitriles is 1. The van der Waals surface area contributed by atoms with Gasteiger partial charge in [0.1, 0.15) is 28.8 Å². The molecule has 0 atom stereocenters. The lowest BCUT2D eigenvalue weighted by molar-refractivity contribution is 0.00111. The minimum absolute atomic E-state index is 0.0269. The Labute approximate surface area is 143 Å². The molecule has 2 rings (SSSR count). The molecule has 5 nitrogen and oxygen atoms in total. The van der Waals surface area contributed by atoms with Crippen molar-refractivity contribution >= 4 is 21.6 Å². The molecule has 0 bridgehead atoms. The third kappa shape index (κ3) is 4.30. The second-order valence-electron chi connectivity index (χ2n) is 5.82. The summed E-state index contributed by atoms with van der Waals surface area (Å²) in [6, 6.07) is 10.4. The van der Waals surface area contributed by atoms with E-state index in [9.17, 15) is 10.4 Å². The van der Waals surface area contributed by atoms with Gasteiger partial charge in [0.05, 0.1) is 5.56 Å². The summed E-state index contributed by atoms with van der Waals surface area (Å²) in [5.74, 6) is 0.0269. The van der Waals surface area contributed by atoms with Crippen LogP contribution in [0.15, 0.2) is 46.2 Å². The number of phenolic OH excluding ortho intramolecular Hbond substituents is 1. The number of hydrogen-bond donors (Lipinski definition) is 1. The monoisotopic (exact) mass is 373 g/mol. The average molecular weight is 374 g/mol. The van der Waals surface area contributed by atoms with Crippen molar-refractivity contribution in [1.82, 2.24) is 4.98 Å². The van der Waals surface area contributed by atoms with Crippen molar-refractivity contribution in [2.75, 3.05) is 0 Å². The van der Waals surface area contributed by atoms with Gasteiger partial charge < -0.3 is 9.94 Å². The number of nitrogens with zero attached hydrogens (tertiary/aromatic N) is 3. The Kier molecular flexibility index (Phi) is 5.02. The van der Waals surface area contributed by atoms with E-state index in [0.29, 0.717) is 22.5 Å². The fraction of sp³-hybridized carbons (Fsp3) is 0.235. The number of hydrogen-bond acceptors (Lipinski definition) is 5. The number of aromatic hydroxyl groups is 1. The van der Waals surface area contributed by atoms with E-state index in [1.807, 2.05) is 20.8 Å². The maximum absolute atomic E-state index is 10.2. The minimum Gasteiger partial charge on any atom is -0.507 e. The summed E-state index contributed by atoms with van der Waals surface area (Å²) in [5.41, 5.74) is 0.916. The van der Waals surface area contributed by atoms with Crippen LogP contribution in [0.4, 0.5) is 0 Å². The topological polar surface area (TPSA) is 78.5 Å². The number of pyridine rings is 1. The predicted octanol–water partition coefficient (Wildman–Crippen LogP) is 3.99. The quantitative estimate of drug-likeness (QED) is 0.651. The fourth-order valence-corrected chi connectivity index (χ4v) is 2.15. The molecule has 1 N–H and O–H groups in total. The van der Waals surface area contributed by atoms with E-state index in [4.69, 9.17) is 4.84 Å². The molecule has 0 aliphatic carbocycles. The van der Waals surface area contributed by atoms with Gasteiger partial charge in [-0.05, 0) is 51.1 Å². The molecule has 118 valence electrons. The zero-order valence-electron chi connectivity index (χ0n) is 13.0. The number of aromatic nitrogens is 1. The van der Waals surface area contributed by atoms with Crippen LogP contribution in [0, 0.1) is 11.3 Å². The van der Waals surface area contributed by atoms with E-state index in [0.717, 1.165) is 4.47 Å². The molecule has 1 aromatic carbocycles. The molecule has 0 saturated carbocycles. The van der Waals surface area contributed by atoms with E-state index in [-0.39, 0.29) is 5.75 Å². The van der Waals surface area contributed by atoms with E-state index >= 15 is 0 Å². The minimum atomic E-state index is -0.519. The first kappa shape index (κ1) is 17.0. The van der Waals surface area contributed by atoms with Gasteiger partial charge in [-0.15, -0.1) is 0 Å². The zero-order valence-corrected chi connectivity index (χ0v) is 14.6. The molecule has 0 aliphatic heterocycles. The van der Waals surface area contributed by atoms with Crippen LogP contribution in [-0.4, -0.2) is 21.4 Å². The number of rotatable bonds is 3. The Bertz CT molecular complexity index is 789. The number of halogens is 1. The maximum atomic E-state index is 10.2. The molecule has 2 aromatic rings. The Morgan fingerprint density at radius 1 is 1.35 bits per heavy atom. The van der Waals surface area contributed by atoms with Crippen molar-refractivity contribution in [1.29, 1.82) is 5.26 Å². The smallest absolute Gasteiger partial charge is 0.140 e. The maximum Gasteiger partial charge on any atom is 0.140 e. The van der Waals surface area contributed by atoms with Crippen molar-refractivity contribution < 1.29 is 9.94 Å². The largest absolute Gasteiger partial charge is 0.507 e. The molecule has 1 heterocycles. The van der Waals surface area contributed by atoms with Crippen LogP contribution in [-0.2, 0) is 4.84 Å². The third-order valence-electron chi connectivity index (χ3n) is 2.78. The van der Waals surface area contributed by atoms with Gasteiger partial charge in [-0.1, -0.05) is 21.1 Å². The van der Waals surface area contributed by atoms with Crippen molar-refractivity contribution in [2.45, 2.75) is 26.4 Å². The standard InChI is InChI=1S/C17H16BrN3O2/c1-17(2,3)23-21-16(13-9-12(18)6-7-14(13)22)15-11(10-19)5-4-8-20-15/h4-9,22H,1-3H3. The summed E-state index contributed by atoms with van der Waals surface area (Å²) < 4.78 is 0.767. The summed E-state index contributed by atoms with van der Waals surface area (Å²) in [6.07, 6.45) is 1.57. The second-order valence-corrected chi connectivity index (χ2v) is 6.73. The Morgan fingerprint density at radius 3 is 2.74 bits per heavy atom. The zero-order chi connectivity index (χ0) is 17.0. The molecule has 0 saturated heterocycles. The highest BCUT2D eigenvalue weighted by Gasteiger charge is 2.20. The fourth-order valence-electron chi connectivity index (χ4n) is 1.78. The average Bonchev–Trinajstić information content (AvgIpc) is 2.50. The van der Waals surface area contributed by atoms with Crippen LogP contribution < -0.4 is 0 Å². The van der Waals surface area contributed by atoms with Crippen molar-refractivity contribution in [2.24, 2.45) is 5.16 Å². The molecule has 0 aliphatic rings. The van der Waals surface area contributed by atoms with Gasteiger partial charge in [-0.2, -0.15) is 5.26 Å². The first-order chi connectivity index (χ1) is 10.8. The van der Waals surface area contributed by atoms with Crippen LogP contribution in [0.25, 0.3) is 0 Å². The molecule has 0 amide bonds. The van der Waals surface area contributed by atoms with Crippen molar-refractivity contribution in [3.8, 4) is 11.8 Å². The van der Waals surface area contributed by atoms with Gasteiger partial charge in [0.2, 0.25) is 0 Å². The van der Waals surface area contributed by atoms with E-state index in [1.165, 1.54) is 0 Å². The van der Waals surface area contributed by atoms with Gasteiger partial charge in [-0.25, -0.2) is 0 Å².